The first-order valence-corrected chi connectivity index (χ1v) is 12.1. The highest BCUT2D eigenvalue weighted by Crippen LogP contribution is 2.36. The number of anilines is 1. The van der Waals surface area contributed by atoms with E-state index < -0.39 is 53.4 Å². The van der Waals surface area contributed by atoms with Gasteiger partial charge in [0.1, 0.15) is 0 Å². The van der Waals surface area contributed by atoms with E-state index in [1.807, 2.05) is 32.0 Å². The third kappa shape index (κ3) is 9.11. The van der Waals surface area contributed by atoms with Crippen LogP contribution in [0.2, 0.25) is 0 Å². The molecular formula is C27H24F9N3O3. The van der Waals surface area contributed by atoms with Crippen molar-refractivity contribution in [2.24, 2.45) is 0 Å². The summed E-state index contributed by atoms with van der Waals surface area (Å²) in [7, 11) is 0. The molecule has 0 saturated heterocycles. The summed E-state index contributed by atoms with van der Waals surface area (Å²) in [5.41, 5.74) is -0.386. The maximum Gasteiger partial charge on any atom is 0.490 e. The van der Waals surface area contributed by atoms with E-state index in [1.165, 1.54) is 0 Å². The molecule has 3 rings (SSSR count). The zero-order valence-electron chi connectivity index (χ0n) is 21.9. The van der Waals surface area contributed by atoms with Gasteiger partial charge in [-0.1, -0.05) is 44.2 Å². The van der Waals surface area contributed by atoms with Crippen molar-refractivity contribution < 1.29 is 54.2 Å². The van der Waals surface area contributed by atoms with Gasteiger partial charge < -0.3 is 15.7 Å². The Balaban J connectivity index is 0.000000782. The molecule has 0 aliphatic rings. The number of rotatable bonds is 6. The van der Waals surface area contributed by atoms with Gasteiger partial charge in [0.05, 0.1) is 22.9 Å². The molecule has 3 N–H and O–H groups in total. The Morgan fingerprint density at radius 1 is 0.810 bits per heavy atom. The number of hydrogen-bond donors (Lipinski definition) is 3. The van der Waals surface area contributed by atoms with Crippen molar-refractivity contribution >= 4 is 17.7 Å². The molecule has 0 spiro atoms. The number of hydrogen-bond acceptors (Lipinski definition) is 3. The molecule has 6 nitrogen and oxygen atoms in total. The summed E-state index contributed by atoms with van der Waals surface area (Å²) in [6, 6.07) is 8.67. The first kappa shape index (κ1) is 33.9. The maximum absolute atomic E-state index is 13.7. The monoisotopic (exact) mass is 609 g/mol. The van der Waals surface area contributed by atoms with Crippen LogP contribution < -0.4 is 10.6 Å². The molecule has 0 bridgehead atoms. The van der Waals surface area contributed by atoms with Crippen LogP contribution >= 0.6 is 0 Å². The van der Waals surface area contributed by atoms with Crippen LogP contribution in [0.1, 0.15) is 53.4 Å². The lowest BCUT2D eigenvalue weighted by Gasteiger charge is -2.24. The number of amides is 2. The number of aliphatic carboxylic acids is 1. The molecule has 0 aliphatic heterocycles. The van der Waals surface area contributed by atoms with Crippen molar-refractivity contribution in [3.05, 3.63) is 94.3 Å². The number of nitrogens with one attached hydrogen (secondary N) is 2. The second kappa shape index (κ2) is 13.6. The topological polar surface area (TPSA) is 91.3 Å². The van der Waals surface area contributed by atoms with Crippen LogP contribution in [0, 0.1) is 0 Å². The van der Waals surface area contributed by atoms with Gasteiger partial charge in [0.15, 0.2) is 0 Å². The van der Waals surface area contributed by atoms with Gasteiger partial charge in [0.2, 0.25) is 0 Å². The predicted octanol–water partition coefficient (Wildman–Crippen LogP) is 7.79. The zero-order valence-corrected chi connectivity index (χ0v) is 21.9. The van der Waals surface area contributed by atoms with Gasteiger partial charge in [-0.2, -0.15) is 39.5 Å². The van der Waals surface area contributed by atoms with Crippen molar-refractivity contribution in [3.63, 3.8) is 0 Å². The minimum Gasteiger partial charge on any atom is -0.475 e. The molecule has 0 unspecified atom stereocenters. The number of carbonyl (C=O) groups excluding carboxylic acids is 1. The molecule has 1 heterocycles. The number of pyridine rings is 1. The van der Waals surface area contributed by atoms with Gasteiger partial charge in [-0.15, -0.1) is 0 Å². The number of carbonyl (C=O) groups is 2. The number of aryl methyl sites for hydroxylation is 2. The van der Waals surface area contributed by atoms with Crippen LogP contribution in [0.5, 0.6) is 0 Å². The number of nitrogens with zero attached hydrogens (tertiary/aromatic N) is 1. The SMILES string of the molecule is CCc1cccc(CC)c1NC(=O)N[C@@H](c1ccc(C(F)(F)F)cc1)c1ncccc1C(F)(F)F.O=C(O)C(F)(F)F. The van der Waals surface area contributed by atoms with Gasteiger partial charge in [0.25, 0.3) is 0 Å². The van der Waals surface area contributed by atoms with E-state index >= 15 is 0 Å². The summed E-state index contributed by atoms with van der Waals surface area (Å²) in [5.74, 6) is -2.76. The quantitative estimate of drug-likeness (QED) is 0.249. The van der Waals surface area contributed by atoms with Gasteiger partial charge in [-0.3, -0.25) is 4.98 Å². The lowest BCUT2D eigenvalue weighted by Crippen LogP contribution is -2.35. The van der Waals surface area contributed by atoms with Crippen molar-refractivity contribution in [2.75, 3.05) is 5.32 Å². The molecule has 3 aromatic rings. The summed E-state index contributed by atoms with van der Waals surface area (Å²) in [6.07, 6.45) is -12.2. The minimum atomic E-state index is -5.08. The van der Waals surface area contributed by atoms with E-state index in [-0.39, 0.29) is 5.56 Å². The molecule has 0 saturated carbocycles. The molecular weight excluding hydrogens is 585 g/mol. The molecule has 1 atom stereocenters. The number of aromatic nitrogens is 1. The highest BCUT2D eigenvalue weighted by atomic mass is 19.4. The van der Waals surface area contributed by atoms with Crippen LogP contribution in [0.15, 0.2) is 60.8 Å². The Hall–Kier alpha value is -4.30. The van der Waals surface area contributed by atoms with E-state index in [0.717, 1.165) is 53.7 Å². The lowest BCUT2D eigenvalue weighted by molar-refractivity contribution is -0.192. The second-order valence-electron chi connectivity index (χ2n) is 8.55. The van der Waals surface area contributed by atoms with Crippen molar-refractivity contribution in [3.8, 4) is 0 Å². The summed E-state index contributed by atoms with van der Waals surface area (Å²) in [4.78, 5) is 25.7. The summed E-state index contributed by atoms with van der Waals surface area (Å²) in [6.45, 7) is 3.79. The van der Waals surface area contributed by atoms with Crippen LogP contribution in [-0.4, -0.2) is 28.3 Å². The molecule has 42 heavy (non-hydrogen) atoms. The molecule has 15 heteroatoms. The number of benzene rings is 2. The highest BCUT2D eigenvalue weighted by Gasteiger charge is 2.39. The second-order valence-corrected chi connectivity index (χ2v) is 8.55. The molecule has 1 aromatic heterocycles. The number of para-hydroxylation sites is 1. The van der Waals surface area contributed by atoms with Gasteiger partial charge in [-0.05, 0) is 53.8 Å². The Bertz CT molecular complexity index is 1350. The Morgan fingerprint density at radius 3 is 1.76 bits per heavy atom. The molecule has 0 radical (unpaired) electrons. The van der Waals surface area contributed by atoms with Crippen molar-refractivity contribution in [1.29, 1.82) is 0 Å². The predicted molar refractivity (Wildman–Crippen MR) is 134 cm³/mol. The standard InChI is InChI=1S/C25H23F6N3O.C2HF3O2/c1-3-15-7-5-8-16(4-2)20(15)33-23(35)34-21(17-10-12-18(13-11-17)24(26,27)28)22-19(25(29,30)31)9-6-14-32-22;3-2(4,5)1(6)7/h5-14,21H,3-4H2,1-2H3,(H2,33,34,35);(H,6,7)/t21-;/m0./s1. The zero-order chi connectivity index (χ0) is 31.9. The molecule has 2 aromatic carbocycles. The van der Waals surface area contributed by atoms with Crippen molar-refractivity contribution in [1.82, 2.24) is 10.3 Å². The van der Waals surface area contributed by atoms with E-state index in [4.69, 9.17) is 9.90 Å². The lowest BCUT2D eigenvalue weighted by atomic mass is 9.97. The molecule has 0 fully saturated rings. The van der Waals surface area contributed by atoms with E-state index in [1.54, 1.807) is 0 Å². The maximum atomic E-state index is 13.7. The highest BCUT2D eigenvalue weighted by molar-refractivity contribution is 5.91. The number of carboxylic acids is 1. The normalized spacial score (nSPS) is 12.5. The Morgan fingerprint density at radius 2 is 1.33 bits per heavy atom. The molecule has 228 valence electrons. The summed E-state index contributed by atoms with van der Waals surface area (Å²) < 4.78 is 112. The number of halogens is 9. The van der Waals surface area contributed by atoms with Gasteiger partial charge in [-0.25, -0.2) is 9.59 Å². The number of carboxylic acid groups (broad SMARTS) is 1. The van der Waals surface area contributed by atoms with Crippen LogP contribution in [0.4, 0.5) is 50.0 Å². The Kier molecular flexibility index (Phi) is 11.0. The first-order chi connectivity index (χ1) is 19.4. The number of alkyl halides is 9. The minimum absolute atomic E-state index is 0.0110. The summed E-state index contributed by atoms with van der Waals surface area (Å²) >= 11 is 0. The van der Waals surface area contributed by atoms with Crippen LogP contribution in [-0.2, 0) is 30.0 Å². The molecule has 2 amide bonds. The fraction of sp³-hybridized carbons (Fsp3) is 0.296. The Labute approximate surface area is 233 Å². The third-order valence-corrected chi connectivity index (χ3v) is 5.74. The van der Waals surface area contributed by atoms with E-state index in [9.17, 15) is 44.3 Å². The van der Waals surface area contributed by atoms with Gasteiger partial charge in [0, 0.05) is 11.9 Å². The van der Waals surface area contributed by atoms with Crippen LogP contribution in [0.25, 0.3) is 0 Å². The van der Waals surface area contributed by atoms with E-state index in [0.29, 0.717) is 18.5 Å². The largest absolute Gasteiger partial charge is 0.490 e. The van der Waals surface area contributed by atoms with Gasteiger partial charge >= 0.3 is 30.5 Å². The molecule has 0 aliphatic carbocycles. The average Bonchev–Trinajstić information content (AvgIpc) is 2.90. The first-order valence-electron chi connectivity index (χ1n) is 12.1. The number of urea groups is 1. The summed E-state index contributed by atoms with van der Waals surface area (Å²) in [5, 5.41) is 12.3. The van der Waals surface area contributed by atoms with Crippen LogP contribution in [0.3, 0.4) is 0 Å². The third-order valence-electron chi connectivity index (χ3n) is 5.74. The average molecular weight is 609 g/mol. The van der Waals surface area contributed by atoms with Crippen molar-refractivity contribution in [2.45, 2.75) is 51.3 Å². The fourth-order valence-corrected chi connectivity index (χ4v) is 3.75. The smallest absolute Gasteiger partial charge is 0.475 e. The fourth-order valence-electron chi connectivity index (χ4n) is 3.75. The van der Waals surface area contributed by atoms with E-state index in [2.05, 4.69) is 15.6 Å².